The van der Waals surface area contributed by atoms with Crippen molar-refractivity contribution in [1.82, 2.24) is 20.9 Å². The van der Waals surface area contributed by atoms with Gasteiger partial charge in [-0.3, -0.25) is 29.4 Å². The van der Waals surface area contributed by atoms with E-state index in [0.717, 1.165) is 10.5 Å². The van der Waals surface area contributed by atoms with Gasteiger partial charge >= 0.3 is 0 Å². The van der Waals surface area contributed by atoms with E-state index < -0.39 is 23.8 Å². The van der Waals surface area contributed by atoms with E-state index in [-0.39, 0.29) is 24.8 Å². The molecule has 1 fully saturated rings. The lowest BCUT2D eigenvalue weighted by Gasteiger charge is -2.27. The Morgan fingerprint density at radius 2 is 2.00 bits per heavy atom. The number of fused-ring (bicyclic) bond motifs is 1. The van der Waals surface area contributed by atoms with Gasteiger partial charge in [0.1, 0.15) is 6.04 Å². The molecule has 0 saturated carbocycles. The summed E-state index contributed by atoms with van der Waals surface area (Å²) in [5, 5.41) is 8.57. The average Bonchev–Trinajstić information content (AvgIpc) is 2.87. The molecule has 2 heterocycles. The van der Waals surface area contributed by atoms with Gasteiger partial charge in [0.25, 0.3) is 11.8 Å². The minimum atomic E-state index is -0.940. The quantitative estimate of drug-likeness (QED) is 0.607. The molecule has 8 nitrogen and oxygen atoms in total. The number of hydrogen-bond donors (Lipinski definition) is 3. The van der Waals surface area contributed by atoms with Gasteiger partial charge in [-0.1, -0.05) is 12.1 Å². The van der Waals surface area contributed by atoms with Crippen molar-refractivity contribution < 1.29 is 19.2 Å². The Balaban J connectivity index is 1.82. The summed E-state index contributed by atoms with van der Waals surface area (Å²) in [4.78, 5) is 50.1. The molecule has 0 spiro atoms. The molecule has 1 saturated heterocycles. The summed E-state index contributed by atoms with van der Waals surface area (Å²) in [5.74, 6) is -1.94. The number of carbonyl (C=O) groups is 4. The van der Waals surface area contributed by atoms with E-state index in [2.05, 4.69) is 16.0 Å². The Morgan fingerprint density at radius 3 is 2.69 bits per heavy atom. The fourth-order valence-electron chi connectivity index (χ4n) is 3.26. The Bertz CT molecular complexity index is 776. The zero-order chi connectivity index (χ0) is 18.8. The van der Waals surface area contributed by atoms with Crippen LogP contribution in [0.3, 0.4) is 0 Å². The minimum Gasteiger partial charge on any atom is -0.316 e. The normalized spacial score (nSPS) is 21.0. The molecule has 2 aliphatic heterocycles. The minimum absolute atomic E-state index is 0.111. The Labute approximate surface area is 151 Å². The van der Waals surface area contributed by atoms with E-state index in [9.17, 15) is 19.2 Å². The van der Waals surface area contributed by atoms with Crippen molar-refractivity contribution in [3.05, 3.63) is 34.9 Å². The van der Waals surface area contributed by atoms with Gasteiger partial charge < -0.3 is 10.6 Å². The third-order valence-electron chi connectivity index (χ3n) is 4.81. The van der Waals surface area contributed by atoms with Crippen molar-refractivity contribution in [1.29, 1.82) is 0 Å². The van der Waals surface area contributed by atoms with Crippen molar-refractivity contribution in [3.63, 3.8) is 0 Å². The Morgan fingerprint density at radius 1 is 1.23 bits per heavy atom. The number of amides is 4. The number of piperidine rings is 1. The fourth-order valence-corrected chi connectivity index (χ4v) is 3.26. The van der Waals surface area contributed by atoms with Crippen LogP contribution >= 0.6 is 0 Å². The van der Waals surface area contributed by atoms with Gasteiger partial charge in [-0.2, -0.15) is 0 Å². The highest BCUT2D eigenvalue weighted by Crippen LogP contribution is 2.29. The molecule has 3 rings (SSSR count). The third-order valence-corrected chi connectivity index (χ3v) is 4.81. The first kappa shape index (κ1) is 18.2. The molecule has 1 unspecified atom stereocenters. The lowest BCUT2D eigenvalue weighted by Crippen LogP contribution is -2.54. The van der Waals surface area contributed by atoms with E-state index in [4.69, 9.17) is 0 Å². The molecule has 8 heteroatoms. The summed E-state index contributed by atoms with van der Waals surface area (Å²) < 4.78 is 0. The van der Waals surface area contributed by atoms with Crippen molar-refractivity contribution in [2.75, 3.05) is 13.6 Å². The van der Waals surface area contributed by atoms with E-state index >= 15 is 0 Å². The summed E-state index contributed by atoms with van der Waals surface area (Å²) in [5.41, 5.74) is 1.37. The zero-order valence-corrected chi connectivity index (χ0v) is 14.8. The predicted octanol–water partition coefficient (Wildman–Crippen LogP) is -0.215. The van der Waals surface area contributed by atoms with Gasteiger partial charge in [0.05, 0.1) is 11.1 Å². The van der Waals surface area contributed by atoms with Crippen LogP contribution in [0.5, 0.6) is 0 Å². The maximum Gasteiger partial charge on any atom is 0.262 e. The maximum absolute atomic E-state index is 12.9. The standard InChI is InChI=1S/C18H22N4O4/c1-10(19-2)8-20-9-11-4-3-5-12-15(11)18(26)22(17(12)25)13-6-7-14(23)21-16(13)24/h3-5,10,13,19-20H,6-9H2,1-2H3,(H,21,23,24)/t10-,13?/m1/s1. The highest BCUT2D eigenvalue weighted by Gasteiger charge is 2.45. The molecule has 2 atom stereocenters. The van der Waals surface area contributed by atoms with E-state index in [1.165, 1.54) is 0 Å². The summed E-state index contributed by atoms with van der Waals surface area (Å²) >= 11 is 0. The van der Waals surface area contributed by atoms with Gasteiger partial charge in [0.2, 0.25) is 11.8 Å². The van der Waals surface area contributed by atoms with Crippen molar-refractivity contribution in [2.45, 2.75) is 38.4 Å². The smallest absolute Gasteiger partial charge is 0.262 e. The molecule has 2 aliphatic rings. The number of benzene rings is 1. The van der Waals surface area contributed by atoms with E-state index in [1.807, 2.05) is 14.0 Å². The number of carbonyl (C=O) groups excluding carboxylic acids is 4. The number of hydrogen-bond acceptors (Lipinski definition) is 6. The molecule has 1 aromatic rings. The van der Waals surface area contributed by atoms with Crippen LogP contribution in [-0.4, -0.2) is 54.2 Å². The molecule has 0 bridgehead atoms. The van der Waals surface area contributed by atoms with Gasteiger partial charge in [0.15, 0.2) is 0 Å². The molecular weight excluding hydrogens is 336 g/mol. The van der Waals surface area contributed by atoms with Crippen LogP contribution in [0, 0.1) is 0 Å². The second-order valence-corrected chi connectivity index (χ2v) is 6.61. The highest BCUT2D eigenvalue weighted by molar-refractivity contribution is 6.24. The number of likely N-dealkylation sites (N-methyl/N-ethyl adjacent to an activating group) is 1. The largest absolute Gasteiger partial charge is 0.316 e. The van der Waals surface area contributed by atoms with Crippen molar-refractivity contribution >= 4 is 23.6 Å². The summed E-state index contributed by atoms with van der Waals surface area (Å²) in [6, 6.07) is 4.46. The summed E-state index contributed by atoms with van der Waals surface area (Å²) in [7, 11) is 1.87. The lowest BCUT2D eigenvalue weighted by atomic mass is 10.0. The monoisotopic (exact) mass is 358 g/mol. The van der Waals surface area contributed by atoms with E-state index in [0.29, 0.717) is 24.2 Å². The molecule has 138 valence electrons. The third kappa shape index (κ3) is 3.25. The molecule has 4 amide bonds. The molecule has 1 aromatic carbocycles. The number of imide groups is 2. The second-order valence-electron chi connectivity index (χ2n) is 6.61. The van der Waals surface area contributed by atoms with Gasteiger partial charge in [-0.15, -0.1) is 0 Å². The van der Waals surface area contributed by atoms with Crippen molar-refractivity contribution in [3.8, 4) is 0 Å². The first-order valence-corrected chi connectivity index (χ1v) is 8.65. The van der Waals surface area contributed by atoms with Gasteiger partial charge in [-0.05, 0) is 32.0 Å². The topological polar surface area (TPSA) is 108 Å². The number of rotatable bonds is 6. The lowest BCUT2D eigenvalue weighted by molar-refractivity contribution is -0.136. The summed E-state index contributed by atoms with van der Waals surface area (Å²) in [6.07, 6.45) is 0.267. The van der Waals surface area contributed by atoms with Crippen LogP contribution in [0.25, 0.3) is 0 Å². The predicted molar refractivity (Wildman–Crippen MR) is 93.3 cm³/mol. The van der Waals surface area contributed by atoms with Crippen LogP contribution in [-0.2, 0) is 16.1 Å². The molecule has 0 radical (unpaired) electrons. The zero-order valence-electron chi connectivity index (χ0n) is 14.8. The van der Waals surface area contributed by atoms with Gasteiger partial charge in [-0.25, -0.2) is 0 Å². The first-order valence-electron chi connectivity index (χ1n) is 8.65. The molecule has 0 aliphatic carbocycles. The number of nitrogens with zero attached hydrogens (tertiary/aromatic N) is 1. The molecule has 0 aromatic heterocycles. The molecule has 26 heavy (non-hydrogen) atoms. The SMILES string of the molecule is CN[C@H](C)CNCc1cccc2c1C(=O)N(C1CCC(=O)NC1=O)C2=O. The Kier molecular flexibility index (Phi) is 5.15. The summed E-state index contributed by atoms with van der Waals surface area (Å²) in [6.45, 7) is 3.18. The maximum atomic E-state index is 12.9. The van der Waals surface area contributed by atoms with Crippen LogP contribution in [0.1, 0.15) is 46.0 Å². The van der Waals surface area contributed by atoms with E-state index in [1.54, 1.807) is 18.2 Å². The fraction of sp³-hybridized carbons (Fsp3) is 0.444. The average molecular weight is 358 g/mol. The van der Waals surface area contributed by atoms with Crippen LogP contribution in [0.2, 0.25) is 0 Å². The Hall–Kier alpha value is -2.58. The van der Waals surface area contributed by atoms with Crippen LogP contribution < -0.4 is 16.0 Å². The molecule has 3 N–H and O–H groups in total. The molecular formula is C18H22N4O4. The first-order chi connectivity index (χ1) is 12.4. The van der Waals surface area contributed by atoms with Crippen LogP contribution in [0.15, 0.2) is 18.2 Å². The highest BCUT2D eigenvalue weighted by atomic mass is 16.2. The van der Waals surface area contributed by atoms with Crippen LogP contribution in [0.4, 0.5) is 0 Å². The second kappa shape index (κ2) is 7.35. The van der Waals surface area contributed by atoms with Crippen molar-refractivity contribution in [2.24, 2.45) is 0 Å². The number of nitrogens with one attached hydrogen (secondary N) is 3. The van der Waals surface area contributed by atoms with Gasteiger partial charge in [0, 0.05) is 25.6 Å².